The van der Waals surface area contributed by atoms with Gasteiger partial charge in [-0.1, -0.05) is 18.2 Å². The number of aryl methyl sites for hydroxylation is 1. The van der Waals surface area contributed by atoms with Crippen molar-refractivity contribution in [3.8, 4) is 5.69 Å². The van der Waals surface area contributed by atoms with Crippen LogP contribution in [0.4, 0.5) is 5.82 Å². The average Bonchev–Trinajstić information content (AvgIpc) is 2.48. The lowest BCUT2D eigenvalue weighted by molar-refractivity contribution is 0.878. The van der Waals surface area contributed by atoms with Crippen LogP contribution < -0.4 is 5.73 Å². The van der Waals surface area contributed by atoms with Crippen LogP contribution in [0.5, 0.6) is 0 Å². The van der Waals surface area contributed by atoms with Crippen LogP contribution in [0.3, 0.4) is 0 Å². The molecule has 2 rings (SSSR count). The molecule has 0 aliphatic heterocycles. The predicted molar refractivity (Wildman–Crippen MR) is 60.4 cm³/mol. The Kier molecular flexibility index (Phi) is 2.29. The summed E-state index contributed by atoms with van der Waals surface area (Å²) in [6, 6.07) is 8.03. The number of benzene rings is 1. The number of hydrogen-bond donors (Lipinski definition) is 1. The second kappa shape index (κ2) is 3.46. The lowest BCUT2D eigenvalue weighted by Crippen LogP contribution is -1.98. The fourth-order valence-corrected chi connectivity index (χ4v) is 1.58. The summed E-state index contributed by atoms with van der Waals surface area (Å²) in [6.07, 6.45) is 1.86. The summed E-state index contributed by atoms with van der Waals surface area (Å²) in [7, 11) is 0. The van der Waals surface area contributed by atoms with Crippen molar-refractivity contribution in [1.29, 1.82) is 0 Å². The van der Waals surface area contributed by atoms with E-state index in [9.17, 15) is 0 Å². The van der Waals surface area contributed by atoms with Crippen molar-refractivity contribution in [2.75, 3.05) is 5.73 Å². The monoisotopic (exact) mass is 251 g/mol. The molecule has 0 atom stereocenters. The smallest absolute Gasteiger partial charge is 0.160 e. The van der Waals surface area contributed by atoms with E-state index in [0.29, 0.717) is 5.82 Å². The number of hydrogen-bond acceptors (Lipinski definition) is 2. The average molecular weight is 252 g/mol. The van der Waals surface area contributed by atoms with Crippen LogP contribution in [0, 0.1) is 6.92 Å². The molecule has 0 unspecified atom stereocenters. The zero-order valence-electron chi connectivity index (χ0n) is 7.74. The maximum atomic E-state index is 5.65. The summed E-state index contributed by atoms with van der Waals surface area (Å²) in [5, 5.41) is 4.19. The van der Waals surface area contributed by atoms with E-state index in [-0.39, 0.29) is 0 Å². The van der Waals surface area contributed by atoms with Crippen molar-refractivity contribution in [2.24, 2.45) is 0 Å². The second-order valence-electron chi connectivity index (χ2n) is 3.09. The molecular formula is C10H10BrN3. The summed E-state index contributed by atoms with van der Waals surface area (Å²) in [5.74, 6) is 0.508. The first kappa shape index (κ1) is 9.27. The number of nitrogens with zero attached hydrogens (tertiary/aromatic N) is 2. The molecule has 0 amide bonds. The van der Waals surface area contributed by atoms with Crippen molar-refractivity contribution in [1.82, 2.24) is 9.78 Å². The molecule has 0 spiro atoms. The third kappa shape index (κ3) is 1.53. The minimum Gasteiger partial charge on any atom is -0.381 e. The van der Waals surface area contributed by atoms with Gasteiger partial charge >= 0.3 is 0 Å². The van der Waals surface area contributed by atoms with Crippen LogP contribution in [-0.2, 0) is 0 Å². The van der Waals surface area contributed by atoms with E-state index in [0.717, 1.165) is 10.2 Å². The topological polar surface area (TPSA) is 43.8 Å². The van der Waals surface area contributed by atoms with Crippen LogP contribution in [0.15, 0.2) is 34.9 Å². The third-order valence-electron chi connectivity index (χ3n) is 2.06. The van der Waals surface area contributed by atoms with Crippen LogP contribution in [0.2, 0.25) is 0 Å². The maximum absolute atomic E-state index is 5.65. The normalized spacial score (nSPS) is 10.4. The molecule has 1 aromatic carbocycles. The highest BCUT2D eigenvalue weighted by atomic mass is 79.9. The van der Waals surface area contributed by atoms with Crippen molar-refractivity contribution >= 4 is 21.7 Å². The fourth-order valence-electron chi connectivity index (χ4n) is 1.31. The van der Waals surface area contributed by atoms with Gasteiger partial charge in [-0.2, -0.15) is 0 Å². The number of nitrogen functional groups attached to an aromatic ring is 1. The Morgan fingerprint density at radius 3 is 2.64 bits per heavy atom. The predicted octanol–water partition coefficient (Wildman–Crippen LogP) is 2.53. The summed E-state index contributed by atoms with van der Waals surface area (Å²) < 4.78 is 2.59. The van der Waals surface area contributed by atoms with E-state index < -0.39 is 0 Å². The van der Waals surface area contributed by atoms with Gasteiger partial charge in [-0.3, -0.25) is 0 Å². The maximum Gasteiger partial charge on any atom is 0.160 e. The quantitative estimate of drug-likeness (QED) is 0.847. The van der Waals surface area contributed by atoms with Gasteiger partial charge in [-0.25, -0.2) is 4.68 Å². The van der Waals surface area contributed by atoms with Crippen molar-refractivity contribution in [2.45, 2.75) is 6.92 Å². The Balaban J connectivity index is 2.55. The minimum absolute atomic E-state index is 0.508. The summed E-state index contributed by atoms with van der Waals surface area (Å²) in [5.41, 5.74) is 7.86. The highest BCUT2D eigenvalue weighted by Gasteiger charge is 2.05. The SMILES string of the molecule is Cc1ccccc1-n1cc(Br)c(N)n1. The van der Waals surface area contributed by atoms with E-state index in [1.807, 2.05) is 37.4 Å². The molecule has 3 nitrogen and oxygen atoms in total. The van der Waals surface area contributed by atoms with Gasteiger partial charge in [-0.05, 0) is 34.5 Å². The molecule has 0 aliphatic rings. The number of nitrogens with two attached hydrogens (primary N) is 1. The lowest BCUT2D eigenvalue weighted by atomic mass is 10.2. The van der Waals surface area contributed by atoms with Gasteiger partial charge < -0.3 is 5.73 Å². The number of rotatable bonds is 1. The van der Waals surface area contributed by atoms with E-state index in [1.165, 1.54) is 5.56 Å². The van der Waals surface area contributed by atoms with E-state index >= 15 is 0 Å². The fraction of sp³-hybridized carbons (Fsp3) is 0.100. The Hall–Kier alpha value is -1.29. The molecule has 4 heteroatoms. The highest BCUT2D eigenvalue weighted by molar-refractivity contribution is 9.10. The van der Waals surface area contributed by atoms with Crippen LogP contribution in [-0.4, -0.2) is 9.78 Å². The molecule has 1 heterocycles. The molecule has 0 saturated heterocycles. The van der Waals surface area contributed by atoms with Crippen molar-refractivity contribution < 1.29 is 0 Å². The first-order chi connectivity index (χ1) is 6.68. The number of halogens is 1. The molecule has 2 aromatic rings. The standard InChI is InChI=1S/C10H10BrN3/c1-7-4-2-3-5-9(7)14-6-8(11)10(12)13-14/h2-6H,1H3,(H2,12,13). The minimum atomic E-state index is 0.508. The Labute approximate surface area is 90.7 Å². The highest BCUT2D eigenvalue weighted by Crippen LogP contribution is 2.20. The molecule has 72 valence electrons. The molecule has 0 aliphatic carbocycles. The largest absolute Gasteiger partial charge is 0.381 e. The van der Waals surface area contributed by atoms with Crippen LogP contribution >= 0.6 is 15.9 Å². The molecule has 2 N–H and O–H groups in total. The van der Waals surface area contributed by atoms with Gasteiger partial charge in [-0.15, -0.1) is 5.10 Å². The molecular weight excluding hydrogens is 242 g/mol. The van der Waals surface area contributed by atoms with Crippen molar-refractivity contribution in [3.63, 3.8) is 0 Å². The van der Waals surface area contributed by atoms with Gasteiger partial charge in [0, 0.05) is 6.20 Å². The molecule has 0 saturated carbocycles. The van der Waals surface area contributed by atoms with E-state index in [1.54, 1.807) is 4.68 Å². The van der Waals surface area contributed by atoms with E-state index in [4.69, 9.17) is 5.73 Å². The molecule has 14 heavy (non-hydrogen) atoms. The Morgan fingerprint density at radius 1 is 1.36 bits per heavy atom. The molecule has 0 radical (unpaired) electrons. The first-order valence-electron chi connectivity index (χ1n) is 4.25. The molecule has 0 fully saturated rings. The van der Waals surface area contributed by atoms with Crippen molar-refractivity contribution in [3.05, 3.63) is 40.5 Å². The summed E-state index contributed by atoms with van der Waals surface area (Å²) in [6.45, 7) is 2.04. The van der Waals surface area contributed by atoms with Gasteiger partial charge in [0.2, 0.25) is 0 Å². The summed E-state index contributed by atoms with van der Waals surface area (Å²) >= 11 is 3.33. The molecule has 1 aromatic heterocycles. The van der Waals surface area contributed by atoms with Crippen LogP contribution in [0.1, 0.15) is 5.56 Å². The zero-order chi connectivity index (χ0) is 10.1. The van der Waals surface area contributed by atoms with Gasteiger partial charge in [0.1, 0.15) is 0 Å². The molecule has 0 bridgehead atoms. The van der Waals surface area contributed by atoms with E-state index in [2.05, 4.69) is 21.0 Å². The third-order valence-corrected chi connectivity index (χ3v) is 2.67. The lowest BCUT2D eigenvalue weighted by Gasteiger charge is -2.03. The van der Waals surface area contributed by atoms with Crippen LogP contribution in [0.25, 0.3) is 5.69 Å². The Bertz CT molecular complexity index is 443. The first-order valence-corrected chi connectivity index (χ1v) is 5.04. The number of anilines is 1. The number of aromatic nitrogens is 2. The van der Waals surface area contributed by atoms with Gasteiger partial charge in [0.25, 0.3) is 0 Å². The van der Waals surface area contributed by atoms with Gasteiger partial charge in [0.05, 0.1) is 10.2 Å². The zero-order valence-corrected chi connectivity index (χ0v) is 9.32. The number of para-hydroxylation sites is 1. The summed E-state index contributed by atoms with van der Waals surface area (Å²) in [4.78, 5) is 0. The van der Waals surface area contributed by atoms with Gasteiger partial charge in [0.15, 0.2) is 5.82 Å². The Morgan fingerprint density at radius 2 is 2.07 bits per heavy atom. The second-order valence-corrected chi connectivity index (χ2v) is 3.95.